The largest absolute Gasteiger partial charge is 0.370 e. The van der Waals surface area contributed by atoms with Crippen LogP contribution in [0.3, 0.4) is 0 Å². The van der Waals surface area contributed by atoms with Crippen molar-refractivity contribution in [1.82, 2.24) is 14.9 Å². The standard InChI is InChI=1S/C17H20ClFN4/c1-11-7-16(22-10-21-11)20-9-13-5-6-23(2)17(13)12-3-4-14(18)15(19)8-12/h3-4,7-8,10,13,17H,5-6,9H2,1-2H3,(H,20,21,22). The third-order valence-electron chi connectivity index (χ3n) is 4.41. The maximum atomic E-state index is 13.8. The van der Waals surface area contributed by atoms with E-state index in [9.17, 15) is 4.39 Å². The van der Waals surface area contributed by atoms with E-state index in [4.69, 9.17) is 11.6 Å². The minimum absolute atomic E-state index is 0.167. The third kappa shape index (κ3) is 3.62. The molecule has 1 aliphatic rings. The Morgan fingerprint density at radius 1 is 1.35 bits per heavy atom. The van der Waals surface area contributed by atoms with Gasteiger partial charge in [0.05, 0.1) is 5.02 Å². The Bertz CT molecular complexity index is 694. The van der Waals surface area contributed by atoms with Crippen LogP contribution in [-0.4, -0.2) is 35.0 Å². The number of hydrogen-bond acceptors (Lipinski definition) is 4. The summed E-state index contributed by atoms with van der Waals surface area (Å²) in [6.07, 6.45) is 2.62. The molecular weight excluding hydrogens is 315 g/mol. The fourth-order valence-electron chi connectivity index (χ4n) is 3.25. The lowest BCUT2D eigenvalue weighted by molar-refractivity contribution is 0.281. The number of nitrogens with zero attached hydrogens (tertiary/aromatic N) is 3. The normalized spacial score (nSPS) is 21.6. The van der Waals surface area contributed by atoms with Crippen LogP contribution in [0.25, 0.3) is 0 Å². The predicted octanol–water partition coefficient (Wildman–Crippen LogP) is 3.68. The van der Waals surface area contributed by atoms with Crippen LogP contribution in [0.5, 0.6) is 0 Å². The number of aromatic nitrogens is 2. The van der Waals surface area contributed by atoms with E-state index in [1.807, 2.05) is 19.1 Å². The Hall–Kier alpha value is -1.72. The van der Waals surface area contributed by atoms with E-state index >= 15 is 0 Å². The average molecular weight is 335 g/mol. The zero-order chi connectivity index (χ0) is 16.4. The smallest absolute Gasteiger partial charge is 0.142 e. The highest BCUT2D eigenvalue weighted by molar-refractivity contribution is 6.30. The topological polar surface area (TPSA) is 41.0 Å². The van der Waals surface area contributed by atoms with Crippen molar-refractivity contribution >= 4 is 17.4 Å². The minimum atomic E-state index is -0.359. The van der Waals surface area contributed by atoms with Crippen molar-refractivity contribution in [2.24, 2.45) is 5.92 Å². The molecule has 0 amide bonds. The quantitative estimate of drug-likeness (QED) is 0.926. The molecule has 0 radical (unpaired) electrons. The highest BCUT2D eigenvalue weighted by Gasteiger charge is 2.33. The maximum Gasteiger partial charge on any atom is 0.142 e. The van der Waals surface area contributed by atoms with E-state index < -0.39 is 0 Å². The molecule has 1 aliphatic heterocycles. The van der Waals surface area contributed by atoms with Crippen molar-refractivity contribution < 1.29 is 4.39 Å². The van der Waals surface area contributed by atoms with Crippen LogP contribution < -0.4 is 5.32 Å². The molecule has 2 atom stereocenters. The first-order chi connectivity index (χ1) is 11.0. The van der Waals surface area contributed by atoms with Crippen LogP contribution >= 0.6 is 11.6 Å². The fourth-order valence-corrected chi connectivity index (χ4v) is 3.37. The summed E-state index contributed by atoms with van der Waals surface area (Å²) in [6, 6.07) is 7.21. The molecule has 2 unspecified atom stereocenters. The van der Waals surface area contributed by atoms with E-state index in [0.717, 1.165) is 36.6 Å². The summed E-state index contributed by atoms with van der Waals surface area (Å²) in [5.74, 6) is 0.853. The lowest BCUT2D eigenvalue weighted by Gasteiger charge is -2.26. The summed E-state index contributed by atoms with van der Waals surface area (Å²) in [4.78, 5) is 10.6. The fraction of sp³-hybridized carbons (Fsp3) is 0.412. The average Bonchev–Trinajstić information content (AvgIpc) is 2.89. The second-order valence-electron chi connectivity index (χ2n) is 6.07. The number of likely N-dealkylation sites (tertiary alicyclic amines) is 1. The first-order valence-corrected chi connectivity index (χ1v) is 8.10. The molecule has 1 aromatic carbocycles. The molecule has 23 heavy (non-hydrogen) atoms. The molecule has 1 saturated heterocycles. The van der Waals surface area contributed by atoms with Gasteiger partial charge in [-0.15, -0.1) is 0 Å². The van der Waals surface area contributed by atoms with Gasteiger partial charge in [-0.05, 0) is 50.6 Å². The molecular formula is C17H20ClFN4. The van der Waals surface area contributed by atoms with Gasteiger partial charge in [-0.3, -0.25) is 4.90 Å². The third-order valence-corrected chi connectivity index (χ3v) is 4.71. The van der Waals surface area contributed by atoms with Gasteiger partial charge in [0.2, 0.25) is 0 Å². The van der Waals surface area contributed by atoms with E-state index in [1.165, 1.54) is 0 Å². The molecule has 2 aromatic rings. The van der Waals surface area contributed by atoms with E-state index in [0.29, 0.717) is 5.92 Å². The first-order valence-electron chi connectivity index (χ1n) is 7.72. The van der Waals surface area contributed by atoms with Crippen molar-refractivity contribution in [2.75, 3.05) is 25.5 Å². The number of nitrogens with one attached hydrogen (secondary N) is 1. The SMILES string of the molecule is Cc1cc(NCC2CCN(C)C2c2ccc(Cl)c(F)c2)ncn1. The molecule has 6 heteroatoms. The summed E-state index contributed by atoms with van der Waals surface area (Å²) >= 11 is 5.80. The molecule has 0 saturated carbocycles. The number of hydrogen-bond donors (Lipinski definition) is 1. The van der Waals surface area contributed by atoms with Gasteiger partial charge in [-0.25, -0.2) is 14.4 Å². The van der Waals surface area contributed by atoms with Crippen molar-refractivity contribution in [3.63, 3.8) is 0 Å². The lowest BCUT2D eigenvalue weighted by Crippen LogP contribution is -2.25. The summed E-state index contributed by atoms with van der Waals surface area (Å²) in [5.41, 5.74) is 1.90. The van der Waals surface area contributed by atoms with Crippen LogP contribution in [0.2, 0.25) is 5.02 Å². The Balaban J connectivity index is 1.74. The lowest BCUT2D eigenvalue weighted by atomic mass is 9.93. The number of anilines is 1. The number of halogens is 2. The molecule has 4 nitrogen and oxygen atoms in total. The van der Waals surface area contributed by atoms with Gasteiger partial charge in [0, 0.05) is 24.3 Å². The van der Waals surface area contributed by atoms with Crippen molar-refractivity contribution in [3.8, 4) is 0 Å². The molecule has 1 aromatic heterocycles. The Labute approximate surface area is 140 Å². The maximum absolute atomic E-state index is 13.8. The highest BCUT2D eigenvalue weighted by Crippen LogP contribution is 2.37. The van der Waals surface area contributed by atoms with E-state index in [2.05, 4.69) is 27.2 Å². The summed E-state index contributed by atoms with van der Waals surface area (Å²) in [5, 5.41) is 3.54. The van der Waals surface area contributed by atoms with Crippen LogP contribution in [-0.2, 0) is 0 Å². The number of benzene rings is 1. The molecule has 1 fully saturated rings. The van der Waals surface area contributed by atoms with Crippen molar-refractivity contribution in [2.45, 2.75) is 19.4 Å². The zero-order valence-corrected chi connectivity index (χ0v) is 14.0. The summed E-state index contributed by atoms with van der Waals surface area (Å²) < 4.78 is 13.8. The molecule has 3 rings (SSSR count). The van der Waals surface area contributed by atoms with Gasteiger partial charge in [0.15, 0.2) is 0 Å². The van der Waals surface area contributed by atoms with Crippen LogP contribution in [0.15, 0.2) is 30.6 Å². The van der Waals surface area contributed by atoms with Gasteiger partial charge < -0.3 is 5.32 Å². The number of aryl methyl sites for hydroxylation is 1. The zero-order valence-electron chi connectivity index (χ0n) is 13.3. The van der Waals surface area contributed by atoms with Gasteiger partial charge in [0.25, 0.3) is 0 Å². The monoisotopic (exact) mass is 334 g/mol. The molecule has 0 bridgehead atoms. The second-order valence-corrected chi connectivity index (χ2v) is 6.48. The van der Waals surface area contributed by atoms with Crippen LogP contribution in [0.1, 0.15) is 23.7 Å². The Morgan fingerprint density at radius 3 is 2.91 bits per heavy atom. The van der Waals surface area contributed by atoms with Crippen LogP contribution in [0.4, 0.5) is 10.2 Å². The van der Waals surface area contributed by atoms with Crippen molar-refractivity contribution in [1.29, 1.82) is 0 Å². The predicted molar refractivity (Wildman–Crippen MR) is 90.1 cm³/mol. The van der Waals surface area contributed by atoms with Crippen molar-refractivity contribution in [3.05, 3.63) is 52.7 Å². The molecule has 122 valence electrons. The molecule has 1 N–H and O–H groups in total. The number of rotatable bonds is 4. The van der Waals surface area contributed by atoms with Gasteiger partial charge in [-0.1, -0.05) is 17.7 Å². The molecule has 0 aliphatic carbocycles. The molecule has 2 heterocycles. The summed E-state index contributed by atoms with van der Waals surface area (Å²) in [7, 11) is 2.08. The van der Waals surface area contributed by atoms with E-state index in [1.54, 1.807) is 18.5 Å². The summed E-state index contributed by atoms with van der Waals surface area (Å²) in [6.45, 7) is 3.72. The highest BCUT2D eigenvalue weighted by atomic mass is 35.5. The first kappa shape index (κ1) is 16.1. The second kappa shape index (κ2) is 6.81. The Morgan fingerprint density at radius 2 is 2.17 bits per heavy atom. The molecule has 0 spiro atoms. The van der Waals surface area contributed by atoms with Gasteiger partial charge in [0.1, 0.15) is 18.0 Å². The van der Waals surface area contributed by atoms with Gasteiger partial charge in [-0.2, -0.15) is 0 Å². The Kier molecular flexibility index (Phi) is 4.78. The van der Waals surface area contributed by atoms with Gasteiger partial charge >= 0.3 is 0 Å². The minimum Gasteiger partial charge on any atom is -0.370 e. The van der Waals surface area contributed by atoms with E-state index in [-0.39, 0.29) is 16.9 Å². The van der Waals surface area contributed by atoms with Crippen LogP contribution in [0, 0.1) is 18.7 Å².